The molecule has 76 valence electrons. The van der Waals surface area contributed by atoms with E-state index in [0.29, 0.717) is 32.7 Å². The Labute approximate surface area is 88.9 Å². The van der Waals surface area contributed by atoms with Gasteiger partial charge in [0.1, 0.15) is 0 Å². The standard InChI is InChI=1S/C8H16IN4/c1-9-4-2-3-5-13-8(11)7(10)6-12-13/h6H,2-5,10-11H2,1H3/q-1. The minimum absolute atomic E-state index is 0.437. The third kappa shape index (κ3) is 3.06. The summed E-state index contributed by atoms with van der Waals surface area (Å²) < 4.78 is 3.17. The van der Waals surface area contributed by atoms with Crippen molar-refractivity contribution >= 4 is 11.5 Å². The summed E-state index contributed by atoms with van der Waals surface area (Å²) in [5.41, 5.74) is 11.9. The van der Waals surface area contributed by atoms with Crippen LogP contribution in [-0.2, 0) is 6.54 Å². The molecule has 0 aliphatic rings. The Bertz CT molecular complexity index is 259. The zero-order chi connectivity index (χ0) is 9.68. The van der Waals surface area contributed by atoms with E-state index < -0.39 is 0 Å². The van der Waals surface area contributed by atoms with Gasteiger partial charge in [0.25, 0.3) is 0 Å². The van der Waals surface area contributed by atoms with Gasteiger partial charge in [-0.05, 0) is 0 Å². The topological polar surface area (TPSA) is 69.9 Å². The fraction of sp³-hybridized carbons (Fsp3) is 0.625. The summed E-state index contributed by atoms with van der Waals surface area (Å²) in [6.45, 7) is 0.896. The van der Waals surface area contributed by atoms with Gasteiger partial charge in [0.15, 0.2) is 0 Å². The van der Waals surface area contributed by atoms with Crippen molar-refractivity contribution in [1.82, 2.24) is 9.78 Å². The van der Waals surface area contributed by atoms with Crippen LogP contribution in [0.3, 0.4) is 0 Å². The fourth-order valence-corrected chi connectivity index (χ4v) is 2.38. The average molecular weight is 295 g/mol. The van der Waals surface area contributed by atoms with E-state index in [4.69, 9.17) is 11.5 Å². The van der Waals surface area contributed by atoms with Gasteiger partial charge in [0.2, 0.25) is 0 Å². The number of rotatable bonds is 5. The van der Waals surface area contributed by atoms with Gasteiger partial charge in [0, 0.05) is 0 Å². The Kier molecular flexibility index (Phi) is 4.34. The number of nitrogen functional groups attached to an aromatic ring is 2. The fourth-order valence-electron chi connectivity index (χ4n) is 1.08. The molecule has 0 spiro atoms. The third-order valence-electron chi connectivity index (χ3n) is 1.85. The van der Waals surface area contributed by atoms with Crippen LogP contribution in [0.4, 0.5) is 11.5 Å². The molecule has 0 amide bonds. The monoisotopic (exact) mass is 295 g/mol. The van der Waals surface area contributed by atoms with Crippen LogP contribution in [0.15, 0.2) is 6.20 Å². The first-order valence-corrected chi connectivity index (χ1v) is 7.94. The molecule has 13 heavy (non-hydrogen) atoms. The van der Waals surface area contributed by atoms with Crippen LogP contribution in [0.5, 0.6) is 0 Å². The molecule has 4 N–H and O–H groups in total. The van der Waals surface area contributed by atoms with Crippen molar-refractivity contribution < 1.29 is 21.2 Å². The van der Waals surface area contributed by atoms with E-state index in [9.17, 15) is 0 Å². The molecule has 0 atom stereocenters. The van der Waals surface area contributed by atoms with Crippen LogP contribution in [0.2, 0.25) is 0 Å². The molecular weight excluding hydrogens is 279 g/mol. The van der Waals surface area contributed by atoms with E-state index in [1.165, 1.54) is 10.8 Å². The first-order chi connectivity index (χ1) is 6.25. The number of nitrogens with two attached hydrogens (primary N) is 2. The van der Waals surface area contributed by atoms with Crippen LogP contribution in [0.1, 0.15) is 12.8 Å². The second kappa shape index (κ2) is 5.31. The van der Waals surface area contributed by atoms with Gasteiger partial charge in [-0.15, -0.1) is 0 Å². The first kappa shape index (κ1) is 10.6. The minimum atomic E-state index is 0.437. The maximum absolute atomic E-state index is 5.70. The summed E-state index contributed by atoms with van der Waals surface area (Å²) in [5, 5.41) is 4.09. The normalized spacial score (nSPS) is 10.8. The van der Waals surface area contributed by atoms with E-state index in [-0.39, 0.29) is 0 Å². The molecule has 1 heterocycles. The van der Waals surface area contributed by atoms with Crippen molar-refractivity contribution in [2.24, 2.45) is 0 Å². The number of alkyl halides is 2. The number of unbranched alkanes of at least 4 members (excludes halogenated alkanes) is 1. The molecule has 0 saturated carbocycles. The summed E-state index contributed by atoms with van der Waals surface area (Å²) >= 11 is 0.437. The molecule has 0 saturated heterocycles. The zero-order valence-corrected chi connectivity index (χ0v) is 9.99. The Hall–Kier alpha value is -0.460. The van der Waals surface area contributed by atoms with Gasteiger partial charge >= 0.3 is 88.9 Å². The molecule has 0 unspecified atom stereocenters. The van der Waals surface area contributed by atoms with Crippen LogP contribution in [0, 0.1) is 0 Å². The van der Waals surface area contributed by atoms with Crippen molar-refractivity contribution in [3.63, 3.8) is 0 Å². The summed E-state index contributed by atoms with van der Waals surface area (Å²) in [5.74, 6) is 0.603. The van der Waals surface area contributed by atoms with Crippen LogP contribution >= 0.6 is 0 Å². The molecule has 0 radical (unpaired) electrons. The maximum atomic E-state index is 5.70. The molecule has 5 heteroatoms. The summed E-state index contributed by atoms with van der Waals surface area (Å²) in [6.07, 6.45) is 4.05. The van der Waals surface area contributed by atoms with Crippen molar-refractivity contribution in [2.45, 2.75) is 19.4 Å². The number of anilines is 2. The number of hydrogen-bond acceptors (Lipinski definition) is 3. The summed E-state index contributed by atoms with van der Waals surface area (Å²) in [7, 11) is 0. The first-order valence-electron chi connectivity index (χ1n) is 4.26. The number of aryl methyl sites for hydroxylation is 1. The SMILES string of the molecule is C[I-]CCCCn1ncc(N)c1N. The van der Waals surface area contributed by atoms with E-state index in [0.717, 1.165) is 13.0 Å². The summed E-state index contributed by atoms with van der Waals surface area (Å²) in [6, 6.07) is 0. The van der Waals surface area contributed by atoms with Crippen molar-refractivity contribution in [2.75, 3.05) is 20.8 Å². The quantitative estimate of drug-likeness (QED) is 0.360. The number of hydrogen-bond donors (Lipinski definition) is 2. The van der Waals surface area contributed by atoms with Crippen LogP contribution < -0.4 is 32.7 Å². The van der Waals surface area contributed by atoms with E-state index in [2.05, 4.69) is 10.0 Å². The van der Waals surface area contributed by atoms with Crippen molar-refractivity contribution in [3.05, 3.63) is 6.20 Å². The van der Waals surface area contributed by atoms with Gasteiger partial charge in [-0.1, -0.05) is 0 Å². The van der Waals surface area contributed by atoms with E-state index in [1.54, 1.807) is 10.9 Å². The zero-order valence-electron chi connectivity index (χ0n) is 7.83. The summed E-state index contributed by atoms with van der Waals surface area (Å²) in [4.78, 5) is 2.30. The van der Waals surface area contributed by atoms with E-state index >= 15 is 0 Å². The molecule has 0 aromatic carbocycles. The molecular formula is C8H16IN4-. The molecule has 0 aliphatic carbocycles. The molecule has 4 nitrogen and oxygen atoms in total. The second-order valence-electron chi connectivity index (χ2n) is 2.87. The third-order valence-corrected chi connectivity index (χ3v) is 3.69. The Morgan fingerprint density at radius 2 is 2.23 bits per heavy atom. The number of aromatic nitrogens is 2. The molecule has 1 rings (SSSR count). The van der Waals surface area contributed by atoms with Gasteiger partial charge in [-0.25, -0.2) is 0 Å². The molecule has 1 aromatic heterocycles. The predicted molar refractivity (Wildman–Crippen MR) is 51.1 cm³/mol. The van der Waals surface area contributed by atoms with Crippen LogP contribution in [0.25, 0.3) is 0 Å². The van der Waals surface area contributed by atoms with Crippen molar-refractivity contribution in [1.29, 1.82) is 0 Å². The van der Waals surface area contributed by atoms with Crippen LogP contribution in [-0.4, -0.2) is 19.1 Å². The predicted octanol–water partition coefficient (Wildman–Crippen LogP) is -2.45. The Morgan fingerprint density at radius 3 is 2.77 bits per heavy atom. The average Bonchev–Trinajstić information content (AvgIpc) is 2.43. The number of halogens is 1. The molecule has 1 aromatic rings. The molecule has 0 bridgehead atoms. The van der Waals surface area contributed by atoms with Gasteiger partial charge in [0.05, 0.1) is 0 Å². The second-order valence-corrected chi connectivity index (χ2v) is 5.48. The Balaban J connectivity index is 2.32. The Morgan fingerprint density at radius 1 is 1.46 bits per heavy atom. The number of nitrogens with zero attached hydrogens (tertiary/aromatic N) is 2. The molecule has 0 aliphatic heterocycles. The van der Waals surface area contributed by atoms with Crippen molar-refractivity contribution in [3.8, 4) is 0 Å². The van der Waals surface area contributed by atoms with Gasteiger partial charge < -0.3 is 0 Å². The van der Waals surface area contributed by atoms with Gasteiger partial charge in [-0.3, -0.25) is 0 Å². The van der Waals surface area contributed by atoms with Gasteiger partial charge in [-0.2, -0.15) is 0 Å². The molecule has 0 fully saturated rings. The van der Waals surface area contributed by atoms with E-state index in [1.807, 2.05) is 0 Å².